The molecule has 0 saturated heterocycles. The van der Waals surface area contributed by atoms with Crippen LogP contribution in [0.15, 0.2) is 30.3 Å². The van der Waals surface area contributed by atoms with Gasteiger partial charge in [-0.05, 0) is 51.1 Å². The van der Waals surface area contributed by atoms with Crippen molar-refractivity contribution >= 4 is 0 Å². The molecule has 0 aliphatic rings. The molecule has 0 radical (unpaired) electrons. The van der Waals surface area contributed by atoms with Gasteiger partial charge in [-0.1, -0.05) is 18.6 Å². The molecule has 2 N–H and O–H groups in total. The summed E-state index contributed by atoms with van der Waals surface area (Å²) in [7, 11) is 1.97. The molecule has 0 spiro atoms. The van der Waals surface area contributed by atoms with E-state index >= 15 is 0 Å². The van der Waals surface area contributed by atoms with Crippen molar-refractivity contribution in [2.45, 2.75) is 25.7 Å². The lowest BCUT2D eigenvalue weighted by atomic mass is 10.1. The van der Waals surface area contributed by atoms with E-state index in [4.69, 9.17) is 0 Å². The first-order chi connectivity index (χ1) is 9.29. The van der Waals surface area contributed by atoms with Gasteiger partial charge in [-0.3, -0.25) is 5.10 Å². The van der Waals surface area contributed by atoms with Crippen LogP contribution in [-0.2, 0) is 6.42 Å². The molecule has 0 fully saturated rings. The van der Waals surface area contributed by atoms with E-state index in [0.29, 0.717) is 0 Å². The fraction of sp³-hybridized carbons (Fsp3) is 0.400. The maximum atomic E-state index is 13.1. The van der Waals surface area contributed by atoms with E-state index in [1.54, 1.807) is 6.07 Å². The molecule has 19 heavy (non-hydrogen) atoms. The number of aryl methyl sites for hydroxylation is 1. The Balaban J connectivity index is 1.88. The van der Waals surface area contributed by atoms with Gasteiger partial charge in [0.05, 0.1) is 5.69 Å². The van der Waals surface area contributed by atoms with Crippen LogP contribution in [0.5, 0.6) is 0 Å². The molecule has 1 aromatic heterocycles. The van der Waals surface area contributed by atoms with Gasteiger partial charge in [0.25, 0.3) is 0 Å². The van der Waals surface area contributed by atoms with E-state index < -0.39 is 0 Å². The third-order valence-electron chi connectivity index (χ3n) is 3.12. The van der Waals surface area contributed by atoms with Gasteiger partial charge in [-0.15, -0.1) is 0 Å². The van der Waals surface area contributed by atoms with E-state index in [9.17, 15) is 4.39 Å². The first-order valence-electron chi connectivity index (χ1n) is 6.74. The van der Waals surface area contributed by atoms with Crippen molar-refractivity contribution in [2.75, 3.05) is 13.6 Å². The Hall–Kier alpha value is -1.68. The summed E-state index contributed by atoms with van der Waals surface area (Å²) in [4.78, 5) is 0. The summed E-state index contributed by atoms with van der Waals surface area (Å²) >= 11 is 0. The van der Waals surface area contributed by atoms with Gasteiger partial charge in [0.1, 0.15) is 5.82 Å². The van der Waals surface area contributed by atoms with E-state index in [1.165, 1.54) is 25.0 Å². The monoisotopic (exact) mass is 261 g/mol. The molecule has 0 atom stereocenters. The van der Waals surface area contributed by atoms with Crippen molar-refractivity contribution in [3.05, 3.63) is 41.8 Å². The van der Waals surface area contributed by atoms with Crippen molar-refractivity contribution in [2.24, 2.45) is 0 Å². The minimum atomic E-state index is -0.228. The summed E-state index contributed by atoms with van der Waals surface area (Å²) < 4.78 is 13.1. The second-order valence-corrected chi connectivity index (χ2v) is 4.70. The summed E-state index contributed by atoms with van der Waals surface area (Å²) in [5, 5.41) is 10.4. The topological polar surface area (TPSA) is 40.7 Å². The smallest absolute Gasteiger partial charge is 0.123 e. The van der Waals surface area contributed by atoms with Crippen LogP contribution in [0.4, 0.5) is 4.39 Å². The Morgan fingerprint density at radius 1 is 1.21 bits per heavy atom. The molecule has 0 bridgehead atoms. The Kier molecular flexibility index (Phi) is 5.10. The van der Waals surface area contributed by atoms with Crippen LogP contribution in [0, 0.1) is 5.82 Å². The molecular formula is C15H20FN3. The molecule has 0 saturated carbocycles. The lowest BCUT2D eigenvalue weighted by molar-refractivity contribution is 0.628. The second kappa shape index (κ2) is 7.04. The van der Waals surface area contributed by atoms with Gasteiger partial charge in [0, 0.05) is 11.3 Å². The fourth-order valence-electron chi connectivity index (χ4n) is 2.08. The number of hydrogen-bond donors (Lipinski definition) is 2. The number of halogens is 1. The highest BCUT2D eigenvalue weighted by Crippen LogP contribution is 2.19. The first kappa shape index (κ1) is 13.7. The zero-order chi connectivity index (χ0) is 13.5. The van der Waals surface area contributed by atoms with Crippen molar-refractivity contribution in [3.63, 3.8) is 0 Å². The highest BCUT2D eigenvalue weighted by Gasteiger charge is 2.04. The zero-order valence-corrected chi connectivity index (χ0v) is 11.2. The number of rotatable bonds is 7. The van der Waals surface area contributed by atoms with Crippen LogP contribution in [-0.4, -0.2) is 23.8 Å². The van der Waals surface area contributed by atoms with Crippen LogP contribution in [0.2, 0.25) is 0 Å². The zero-order valence-electron chi connectivity index (χ0n) is 11.2. The molecule has 2 rings (SSSR count). The minimum Gasteiger partial charge on any atom is -0.320 e. The summed E-state index contributed by atoms with van der Waals surface area (Å²) in [6.07, 6.45) is 4.54. The number of nitrogens with zero attached hydrogens (tertiary/aromatic N) is 1. The highest BCUT2D eigenvalue weighted by atomic mass is 19.1. The number of nitrogens with one attached hydrogen (secondary N) is 2. The van der Waals surface area contributed by atoms with E-state index in [2.05, 4.69) is 15.5 Å². The average Bonchev–Trinajstić information content (AvgIpc) is 2.87. The number of benzene rings is 1. The molecule has 2 aromatic rings. The molecule has 102 valence electrons. The third-order valence-corrected chi connectivity index (χ3v) is 3.12. The van der Waals surface area contributed by atoms with Crippen molar-refractivity contribution in [1.29, 1.82) is 0 Å². The predicted molar refractivity (Wildman–Crippen MR) is 75.5 cm³/mol. The van der Waals surface area contributed by atoms with Crippen LogP contribution >= 0.6 is 0 Å². The summed E-state index contributed by atoms with van der Waals surface area (Å²) in [6.45, 7) is 1.07. The van der Waals surface area contributed by atoms with Gasteiger partial charge in [0.15, 0.2) is 0 Å². The van der Waals surface area contributed by atoms with E-state index in [1.807, 2.05) is 19.2 Å². The molecule has 1 aromatic carbocycles. The molecule has 3 nitrogen and oxygen atoms in total. The van der Waals surface area contributed by atoms with Crippen molar-refractivity contribution < 1.29 is 4.39 Å². The van der Waals surface area contributed by atoms with Gasteiger partial charge >= 0.3 is 0 Å². The molecular weight excluding hydrogens is 241 g/mol. The SMILES string of the molecule is CNCCCCCc1cc(-c2cccc(F)c2)n[nH]1. The number of aromatic nitrogens is 2. The highest BCUT2D eigenvalue weighted by molar-refractivity contribution is 5.59. The first-order valence-corrected chi connectivity index (χ1v) is 6.74. The lowest BCUT2D eigenvalue weighted by Gasteiger charge is -1.98. The van der Waals surface area contributed by atoms with Gasteiger partial charge < -0.3 is 5.32 Å². The molecule has 1 heterocycles. The van der Waals surface area contributed by atoms with Gasteiger partial charge in [-0.25, -0.2) is 4.39 Å². The number of aromatic amines is 1. The molecule has 0 unspecified atom stereocenters. The largest absolute Gasteiger partial charge is 0.320 e. The maximum Gasteiger partial charge on any atom is 0.123 e. The molecule has 0 amide bonds. The second-order valence-electron chi connectivity index (χ2n) is 4.70. The molecule has 4 heteroatoms. The van der Waals surface area contributed by atoms with Crippen molar-refractivity contribution in [3.8, 4) is 11.3 Å². The maximum absolute atomic E-state index is 13.1. The molecule has 0 aliphatic heterocycles. The summed E-state index contributed by atoms with van der Waals surface area (Å²) in [5.74, 6) is -0.228. The molecule has 0 aliphatic carbocycles. The van der Waals surface area contributed by atoms with Crippen LogP contribution in [0.3, 0.4) is 0 Å². The number of unbranched alkanes of at least 4 members (excludes halogenated alkanes) is 2. The summed E-state index contributed by atoms with van der Waals surface area (Å²) in [5.41, 5.74) is 2.74. The quantitative estimate of drug-likeness (QED) is 0.752. The van der Waals surface area contributed by atoms with Crippen LogP contribution in [0.25, 0.3) is 11.3 Å². The third kappa shape index (κ3) is 4.17. The van der Waals surface area contributed by atoms with Gasteiger partial charge in [0.2, 0.25) is 0 Å². The van der Waals surface area contributed by atoms with E-state index in [0.717, 1.165) is 36.3 Å². The standard InChI is InChI=1S/C15H20FN3/c1-17-9-4-2-3-8-14-11-15(19-18-14)12-6-5-7-13(16)10-12/h5-7,10-11,17H,2-4,8-9H2,1H3,(H,18,19). The van der Waals surface area contributed by atoms with Gasteiger partial charge in [-0.2, -0.15) is 5.10 Å². The average molecular weight is 261 g/mol. The van der Waals surface area contributed by atoms with E-state index in [-0.39, 0.29) is 5.82 Å². The minimum absolute atomic E-state index is 0.228. The predicted octanol–water partition coefficient (Wildman–Crippen LogP) is 3.15. The van der Waals surface area contributed by atoms with Crippen molar-refractivity contribution in [1.82, 2.24) is 15.5 Å². The number of hydrogen-bond acceptors (Lipinski definition) is 2. The number of H-pyrrole nitrogens is 1. The Morgan fingerprint density at radius 3 is 2.89 bits per heavy atom. The Bertz CT molecular complexity index is 508. The Morgan fingerprint density at radius 2 is 2.11 bits per heavy atom. The fourth-order valence-corrected chi connectivity index (χ4v) is 2.08. The van der Waals surface area contributed by atoms with Crippen LogP contribution < -0.4 is 5.32 Å². The summed E-state index contributed by atoms with van der Waals surface area (Å²) in [6, 6.07) is 8.53. The normalized spacial score (nSPS) is 10.8. The Labute approximate surface area is 113 Å². The lowest BCUT2D eigenvalue weighted by Crippen LogP contribution is -2.07. The van der Waals surface area contributed by atoms with Crippen LogP contribution in [0.1, 0.15) is 25.0 Å².